The Morgan fingerprint density at radius 1 is 1.34 bits per heavy atom. The van der Waals surface area contributed by atoms with Gasteiger partial charge in [0.2, 0.25) is 5.91 Å². The number of carbonyl (C=O) groups is 1. The summed E-state index contributed by atoms with van der Waals surface area (Å²) in [7, 11) is 1.59. The Bertz CT molecular complexity index is 712. The molecule has 2 unspecified atom stereocenters. The summed E-state index contributed by atoms with van der Waals surface area (Å²) in [6.45, 7) is 5.62. The Balaban J connectivity index is 2.22. The van der Waals surface area contributed by atoms with Gasteiger partial charge in [-0.05, 0) is 44.1 Å². The smallest absolute Gasteiger partial charge is 0.385 e. The zero-order chi connectivity index (χ0) is 21.6. The molecule has 1 aromatic rings. The van der Waals surface area contributed by atoms with Gasteiger partial charge in [0.25, 0.3) is 0 Å². The fraction of sp³-hybridized carbons (Fsp3) is 0.600. The lowest BCUT2D eigenvalue weighted by molar-refractivity contribution is -0.137. The molecule has 1 amide bonds. The standard InChI is InChI=1S/C20H28F3N3O2S/c1-13(2)25-19(29)26-11-16(14-6-4-7-15(10-14)20(21,22)23)17(12-26)18(27)24-8-5-9-28-3/h4,6-7,10,13,16-17H,5,8-9,11-12H2,1-3H3,(H,24,27)(H,25,29). The third-order valence-corrected chi connectivity index (χ3v) is 5.20. The van der Waals surface area contributed by atoms with Gasteiger partial charge in [-0.1, -0.05) is 18.2 Å². The minimum absolute atomic E-state index is 0.122. The van der Waals surface area contributed by atoms with Crippen LogP contribution in [0, 0.1) is 5.92 Å². The van der Waals surface area contributed by atoms with Crippen LogP contribution in [-0.4, -0.2) is 55.3 Å². The molecule has 9 heteroatoms. The molecular weight excluding hydrogens is 403 g/mol. The van der Waals surface area contributed by atoms with E-state index in [9.17, 15) is 18.0 Å². The third-order valence-electron chi connectivity index (χ3n) is 4.82. The van der Waals surface area contributed by atoms with Crippen LogP contribution >= 0.6 is 12.2 Å². The van der Waals surface area contributed by atoms with Crippen molar-refractivity contribution in [1.29, 1.82) is 0 Å². The number of ether oxygens (including phenoxy) is 1. The summed E-state index contributed by atoms with van der Waals surface area (Å²) in [6, 6.07) is 5.34. The van der Waals surface area contributed by atoms with E-state index in [-0.39, 0.29) is 17.9 Å². The van der Waals surface area contributed by atoms with Gasteiger partial charge in [-0.3, -0.25) is 4.79 Å². The number of halogens is 3. The topological polar surface area (TPSA) is 53.6 Å². The molecule has 1 aromatic carbocycles. The second-order valence-corrected chi connectivity index (χ2v) is 7.87. The number of nitrogens with one attached hydrogen (secondary N) is 2. The Labute approximate surface area is 175 Å². The zero-order valence-electron chi connectivity index (χ0n) is 16.9. The second-order valence-electron chi connectivity index (χ2n) is 7.48. The molecule has 1 heterocycles. The number of rotatable bonds is 7. The highest BCUT2D eigenvalue weighted by atomic mass is 32.1. The monoisotopic (exact) mass is 431 g/mol. The van der Waals surface area contributed by atoms with Crippen LogP contribution in [-0.2, 0) is 15.7 Å². The van der Waals surface area contributed by atoms with Crippen molar-refractivity contribution in [2.24, 2.45) is 5.92 Å². The van der Waals surface area contributed by atoms with Gasteiger partial charge in [0, 0.05) is 45.3 Å². The highest BCUT2D eigenvalue weighted by Gasteiger charge is 2.40. The second kappa shape index (κ2) is 10.2. The van der Waals surface area contributed by atoms with Gasteiger partial charge >= 0.3 is 6.18 Å². The van der Waals surface area contributed by atoms with Crippen molar-refractivity contribution in [3.8, 4) is 0 Å². The Kier molecular flexibility index (Phi) is 8.27. The number of hydrogen-bond acceptors (Lipinski definition) is 3. The quantitative estimate of drug-likeness (QED) is 0.513. The number of amides is 1. The molecule has 29 heavy (non-hydrogen) atoms. The maximum atomic E-state index is 13.2. The summed E-state index contributed by atoms with van der Waals surface area (Å²) < 4.78 is 44.5. The van der Waals surface area contributed by atoms with Gasteiger partial charge in [0.1, 0.15) is 0 Å². The van der Waals surface area contributed by atoms with Crippen LogP contribution in [0.2, 0.25) is 0 Å². The van der Waals surface area contributed by atoms with E-state index in [0.717, 1.165) is 12.1 Å². The molecule has 5 nitrogen and oxygen atoms in total. The fourth-order valence-corrected chi connectivity index (χ4v) is 3.80. The van der Waals surface area contributed by atoms with Crippen molar-refractivity contribution in [2.75, 3.05) is 33.4 Å². The molecule has 1 saturated heterocycles. The minimum atomic E-state index is -4.43. The number of hydrogen-bond donors (Lipinski definition) is 2. The van der Waals surface area contributed by atoms with Crippen LogP contribution in [0.25, 0.3) is 0 Å². The molecule has 2 N–H and O–H groups in total. The first-order valence-electron chi connectivity index (χ1n) is 9.62. The van der Waals surface area contributed by atoms with Gasteiger partial charge in [0.05, 0.1) is 11.5 Å². The summed E-state index contributed by atoms with van der Waals surface area (Å²) in [4.78, 5) is 14.7. The van der Waals surface area contributed by atoms with E-state index >= 15 is 0 Å². The highest BCUT2D eigenvalue weighted by molar-refractivity contribution is 7.80. The van der Waals surface area contributed by atoms with Gasteiger partial charge in [-0.25, -0.2) is 0 Å². The summed E-state index contributed by atoms with van der Waals surface area (Å²) in [5.41, 5.74) is -0.220. The Morgan fingerprint density at radius 2 is 2.07 bits per heavy atom. The lowest BCUT2D eigenvalue weighted by atomic mass is 9.87. The van der Waals surface area contributed by atoms with E-state index < -0.39 is 17.7 Å². The first-order valence-corrected chi connectivity index (χ1v) is 10.0. The van der Waals surface area contributed by atoms with E-state index in [0.29, 0.717) is 43.3 Å². The predicted octanol–water partition coefficient (Wildman–Crippen LogP) is 3.16. The number of benzene rings is 1. The maximum Gasteiger partial charge on any atom is 0.416 e. The molecule has 2 rings (SSSR count). The molecule has 0 saturated carbocycles. The van der Waals surface area contributed by atoms with Crippen LogP contribution in [0.5, 0.6) is 0 Å². The summed E-state index contributed by atoms with van der Waals surface area (Å²) in [6.07, 6.45) is -3.76. The highest BCUT2D eigenvalue weighted by Crippen LogP contribution is 2.36. The minimum Gasteiger partial charge on any atom is -0.385 e. The third kappa shape index (κ3) is 6.57. The zero-order valence-corrected chi connectivity index (χ0v) is 17.7. The van der Waals surface area contributed by atoms with Crippen molar-refractivity contribution in [2.45, 2.75) is 38.4 Å². The van der Waals surface area contributed by atoms with Gasteiger partial charge in [-0.15, -0.1) is 0 Å². The van der Waals surface area contributed by atoms with Crippen LogP contribution in [0.3, 0.4) is 0 Å². The predicted molar refractivity (Wildman–Crippen MR) is 110 cm³/mol. The Hall–Kier alpha value is -1.87. The molecule has 0 spiro atoms. The molecule has 1 aliphatic heterocycles. The summed E-state index contributed by atoms with van der Waals surface area (Å²) >= 11 is 5.43. The van der Waals surface area contributed by atoms with Crippen LogP contribution < -0.4 is 10.6 Å². The van der Waals surface area contributed by atoms with Gasteiger partial charge < -0.3 is 20.3 Å². The number of thiocarbonyl (C=S) groups is 1. The molecule has 0 radical (unpaired) electrons. The van der Waals surface area contributed by atoms with Crippen molar-refractivity contribution in [3.63, 3.8) is 0 Å². The molecule has 1 aliphatic rings. The SMILES string of the molecule is COCCCNC(=O)C1CN(C(=S)NC(C)C)CC1c1cccc(C(F)(F)F)c1. The first kappa shape index (κ1) is 23.4. The maximum absolute atomic E-state index is 13.2. The normalized spacial score (nSPS) is 19.5. The average molecular weight is 432 g/mol. The van der Waals surface area contributed by atoms with Crippen molar-refractivity contribution < 1.29 is 22.7 Å². The van der Waals surface area contributed by atoms with E-state index in [4.69, 9.17) is 17.0 Å². The van der Waals surface area contributed by atoms with Crippen molar-refractivity contribution in [3.05, 3.63) is 35.4 Å². The van der Waals surface area contributed by atoms with Crippen molar-refractivity contribution in [1.82, 2.24) is 15.5 Å². The Morgan fingerprint density at radius 3 is 2.69 bits per heavy atom. The van der Waals surface area contributed by atoms with E-state index in [1.807, 2.05) is 18.7 Å². The average Bonchev–Trinajstić information content (AvgIpc) is 3.10. The van der Waals surface area contributed by atoms with E-state index in [1.165, 1.54) is 6.07 Å². The number of likely N-dealkylation sites (tertiary alicyclic amines) is 1. The molecule has 1 fully saturated rings. The van der Waals surface area contributed by atoms with E-state index in [1.54, 1.807) is 13.2 Å². The molecule has 2 atom stereocenters. The number of nitrogens with zero attached hydrogens (tertiary/aromatic N) is 1. The number of methoxy groups -OCH3 is 1. The van der Waals surface area contributed by atoms with Crippen LogP contribution in [0.1, 0.15) is 37.3 Å². The van der Waals surface area contributed by atoms with Gasteiger partial charge in [0.15, 0.2) is 5.11 Å². The first-order chi connectivity index (χ1) is 13.6. The molecule has 0 bridgehead atoms. The number of carbonyl (C=O) groups excluding carboxylic acids is 1. The lowest BCUT2D eigenvalue weighted by Crippen LogP contribution is -2.42. The molecule has 0 aromatic heterocycles. The van der Waals surface area contributed by atoms with Crippen LogP contribution in [0.15, 0.2) is 24.3 Å². The molecular formula is C20H28F3N3O2S. The molecule has 162 valence electrons. The largest absolute Gasteiger partial charge is 0.416 e. The fourth-order valence-electron chi connectivity index (χ4n) is 3.42. The number of alkyl halides is 3. The van der Waals surface area contributed by atoms with Gasteiger partial charge in [-0.2, -0.15) is 13.2 Å². The lowest BCUT2D eigenvalue weighted by Gasteiger charge is -2.22. The van der Waals surface area contributed by atoms with Crippen molar-refractivity contribution >= 4 is 23.2 Å². The summed E-state index contributed by atoms with van der Waals surface area (Å²) in [5, 5.41) is 6.52. The summed E-state index contributed by atoms with van der Waals surface area (Å²) in [5.74, 6) is -1.06. The molecule has 0 aliphatic carbocycles. The van der Waals surface area contributed by atoms with E-state index in [2.05, 4.69) is 10.6 Å². The van der Waals surface area contributed by atoms with Crippen LogP contribution in [0.4, 0.5) is 13.2 Å².